The number of nitrogens with two attached hydrogens (primary N) is 1. The first-order valence-electron chi connectivity index (χ1n) is 4.32. The number of hydrogen-bond donors (Lipinski definition) is 1. The molecule has 0 bridgehead atoms. The lowest BCUT2D eigenvalue weighted by Crippen LogP contribution is -2.32. The predicted molar refractivity (Wildman–Crippen MR) is 57.8 cm³/mol. The summed E-state index contributed by atoms with van der Waals surface area (Å²) in [7, 11) is 0. The second-order valence-electron chi connectivity index (χ2n) is 3.53. The summed E-state index contributed by atoms with van der Waals surface area (Å²) in [6.45, 7) is 5.46. The molecule has 0 saturated carbocycles. The first kappa shape index (κ1) is 11.2. The normalized spacial score (nSPS) is 14.9. The third kappa shape index (κ3) is 2.34. The van der Waals surface area contributed by atoms with E-state index in [2.05, 4.69) is 6.58 Å². The lowest BCUT2D eigenvalue weighted by Gasteiger charge is -2.24. The van der Waals surface area contributed by atoms with E-state index in [1.165, 1.54) is 12.1 Å². The Morgan fingerprint density at radius 1 is 1.64 bits per heavy atom. The van der Waals surface area contributed by atoms with E-state index in [0.717, 1.165) is 5.56 Å². The molecule has 0 amide bonds. The zero-order chi connectivity index (χ0) is 10.8. The molecule has 14 heavy (non-hydrogen) atoms. The Morgan fingerprint density at radius 2 is 2.29 bits per heavy atom. The third-order valence-electron chi connectivity index (χ3n) is 2.11. The fraction of sp³-hybridized carbons (Fsp3) is 0.273. The van der Waals surface area contributed by atoms with Crippen LogP contribution in [0, 0.1) is 5.82 Å². The van der Waals surface area contributed by atoms with Gasteiger partial charge in [0.25, 0.3) is 0 Å². The molecular formula is C11H13ClFN. The molecule has 1 aromatic carbocycles. The molecular weight excluding hydrogens is 201 g/mol. The lowest BCUT2D eigenvalue weighted by atomic mass is 9.90. The molecule has 76 valence electrons. The Labute approximate surface area is 88.4 Å². The van der Waals surface area contributed by atoms with Gasteiger partial charge in [0, 0.05) is 10.6 Å². The van der Waals surface area contributed by atoms with Crippen molar-refractivity contribution in [2.75, 3.05) is 0 Å². The van der Waals surface area contributed by atoms with Crippen LogP contribution in [-0.2, 0) is 5.54 Å². The first-order chi connectivity index (χ1) is 6.47. The van der Waals surface area contributed by atoms with E-state index in [1.54, 1.807) is 12.1 Å². The van der Waals surface area contributed by atoms with Crippen molar-refractivity contribution in [2.24, 2.45) is 5.73 Å². The van der Waals surface area contributed by atoms with E-state index >= 15 is 0 Å². The average Bonchev–Trinajstić information content (AvgIpc) is 2.02. The van der Waals surface area contributed by atoms with Crippen molar-refractivity contribution < 1.29 is 4.39 Å². The Morgan fingerprint density at radius 3 is 2.79 bits per heavy atom. The van der Waals surface area contributed by atoms with Crippen LogP contribution >= 0.6 is 11.6 Å². The van der Waals surface area contributed by atoms with Gasteiger partial charge < -0.3 is 5.73 Å². The van der Waals surface area contributed by atoms with Crippen LogP contribution in [0.25, 0.3) is 0 Å². The lowest BCUT2D eigenvalue weighted by molar-refractivity contribution is 0.501. The second-order valence-corrected chi connectivity index (χ2v) is 3.94. The molecule has 0 aliphatic heterocycles. The highest BCUT2D eigenvalue weighted by Crippen LogP contribution is 2.29. The molecule has 1 aromatic rings. The van der Waals surface area contributed by atoms with Gasteiger partial charge in [-0.05, 0) is 31.0 Å². The van der Waals surface area contributed by atoms with Crippen LogP contribution in [0.15, 0.2) is 30.9 Å². The number of hydrogen-bond acceptors (Lipinski definition) is 1. The highest BCUT2D eigenvalue weighted by molar-refractivity contribution is 6.31. The minimum absolute atomic E-state index is 0.354. The summed E-state index contributed by atoms with van der Waals surface area (Å²) in [5, 5.41) is 0.358. The summed E-state index contributed by atoms with van der Waals surface area (Å²) < 4.78 is 12.8. The SMILES string of the molecule is C=CC[C@](C)(N)c1ccc(F)cc1Cl. The van der Waals surface area contributed by atoms with Crippen LogP contribution in [0.5, 0.6) is 0 Å². The van der Waals surface area contributed by atoms with Gasteiger partial charge >= 0.3 is 0 Å². The highest BCUT2D eigenvalue weighted by Gasteiger charge is 2.22. The smallest absolute Gasteiger partial charge is 0.124 e. The molecule has 0 heterocycles. The highest BCUT2D eigenvalue weighted by atomic mass is 35.5. The Hall–Kier alpha value is -0.860. The van der Waals surface area contributed by atoms with E-state index in [4.69, 9.17) is 17.3 Å². The molecule has 0 radical (unpaired) electrons. The van der Waals surface area contributed by atoms with Crippen molar-refractivity contribution in [2.45, 2.75) is 18.9 Å². The van der Waals surface area contributed by atoms with Crippen molar-refractivity contribution in [3.63, 3.8) is 0 Å². The van der Waals surface area contributed by atoms with Crippen molar-refractivity contribution >= 4 is 11.6 Å². The van der Waals surface area contributed by atoms with Crippen LogP contribution in [-0.4, -0.2) is 0 Å². The van der Waals surface area contributed by atoms with E-state index < -0.39 is 5.54 Å². The monoisotopic (exact) mass is 213 g/mol. The molecule has 1 atom stereocenters. The van der Waals surface area contributed by atoms with Gasteiger partial charge in [-0.3, -0.25) is 0 Å². The van der Waals surface area contributed by atoms with Crippen LogP contribution in [0.1, 0.15) is 18.9 Å². The Bertz CT molecular complexity index is 347. The van der Waals surface area contributed by atoms with E-state index in [-0.39, 0.29) is 5.82 Å². The standard InChI is InChI=1S/C11H13ClFN/c1-3-6-11(2,14)9-5-4-8(13)7-10(9)12/h3-5,7H,1,6,14H2,2H3/t11-/m0/s1. The van der Waals surface area contributed by atoms with Gasteiger partial charge in [-0.15, -0.1) is 6.58 Å². The molecule has 1 nitrogen and oxygen atoms in total. The van der Waals surface area contributed by atoms with E-state index in [9.17, 15) is 4.39 Å². The van der Waals surface area contributed by atoms with E-state index in [0.29, 0.717) is 11.4 Å². The van der Waals surface area contributed by atoms with Gasteiger partial charge in [0.05, 0.1) is 0 Å². The van der Waals surface area contributed by atoms with Crippen molar-refractivity contribution in [1.29, 1.82) is 0 Å². The van der Waals surface area contributed by atoms with Crippen LogP contribution < -0.4 is 5.73 Å². The van der Waals surface area contributed by atoms with Gasteiger partial charge in [-0.1, -0.05) is 23.7 Å². The van der Waals surface area contributed by atoms with Crippen molar-refractivity contribution in [3.05, 3.63) is 47.3 Å². The summed E-state index contributed by atoms with van der Waals surface area (Å²) in [6, 6.07) is 4.24. The number of halogens is 2. The molecule has 0 fully saturated rings. The average molecular weight is 214 g/mol. The number of rotatable bonds is 3. The van der Waals surface area contributed by atoms with Crippen molar-refractivity contribution in [1.82, 2.24) is 0 Å². The summed E-state index contributed by atoms with van der Waals surface area (Å²) in [6.07, 6.45) is 2.32. The largest absolute Gasteiger partial charge is 0.321 e. The van der Waals surface area contributed by atoms with Crippen molar-refractivity contribution in [3.8, 4) is 0 Å². The second kappa shape index (κ2) is 4.11. The van der Waals surface area contributed by atoms with Gasteiger partial charge in [0.1, 0.15) is 5.82 Å². The molecule has 0 aliphatic carbocycles. The number of benzene rings is 1. The summed E-state index contributed by atoms with van der Waals surface area (Å²) in [5.41, 5.74) is 6.17. The third-order valence-corrected chi connectivity index (χ3v) is 2.43. The Balaban J connectivity index is 3.12. The maximum absolute atomic E-state index is 12.8. The minimum atomic E-state index is -0.591. The summed E-state index contributed by atoms with van der Waals surface area (Å²) in [4.78, 5) is 0. The van der Waals surface area contributed by atoms with Gasteiger partial charge in [0.2, 0.25) is 0 Å². The summed E-state index contributed by atoms with van der Waals surface area (Å²) >= 11 is 5.90. The molecule has 0 unspecified atom stereocenters. The maximum Gasteiger partial charge on any atom is 0.124 e. The molecule has 0 spiro atoms. The predicted octanol–water partition coefficient (Wildman–Crippen LogP) is 3.23. The topological polar surface area (TPSA) is 26.0 Å². The van der Waals surface area contributed by atoms with Gasteiger partial charge in [0.15, 0.2) is 0 Å². The van der Waals surface area contributed by atoms with Gasteiger partial charge in [-0.2, -0.15) is 0 Å². The molecule has 1 rings (SSSR count). The fourth-order valence-electron chi connectivity index (χ4n) is 1.36. The van der Waals surface area contributed by atoms with Gasteiger partial charge in [-0.25, -0.2) is 4.39 Å². The molecule has 0 saturated heterocycles. The van der Waals surface area contributed by atoms with Crippen LogP contribution in [0.4, 0.5) is 4.39 Å². The first-order valence-corrected chi connectivity index (χ1v) is 4.70. The zero-order valence-corrected chi connectivity index (χ0v) is 8.81. The molecule has 0 aliphatic rings. The van der Waals surface area contributed by atoms with Crippen LogP contribution in [0.3, 0.4) is 0 Å². The quantitative estimate of drug-likeness (QED) is 0.767. The fourth-order valence-corrected chi connectivity index (χ4v) is 1.75. The molecule has 0 aromatic heterocycles. The molecule has 2 N–H and O–H groups in total. The maximum atomic E-state index is 12.8. The molecule has 3 heteroatoms. The summed E-state index contributed by atoms with van der Waals surface area (Å²) in [5.74, 6) is -0.354. The van der Waals surface area contributed by atoms with E-state index in [1.807, 2.05) is 6.92 Å². The van der Waals surface area contributed by atoms with Crippen LogP contribution in [0.2, 0.25) is 5.02 Å². The zero-order valence-electron chi connectivity index (χ0n) is 8.06. The Kier molecular flexibility index (Phi) is 3.29. The minimum Gasteiger partial charge on any atom is -0.321 e.